The molecule has 4 heterocycles. The largest absolute Gasteiger partial charge is 0.370 e. The van der Waals surface area contributed by atoms with Crippen LogP contribution in [0.3, 0.4) is 0 Å². The number of thiophene rings is 2. The van der Waals surface area contributed by atoms with Crippen molar-refractivity contribution in [1.82, 2.24) is 10.2 Å². The molecule has 2 aromatic heterocycles. The number of hydrogen-bond donors (Lipinski definition) is 1. The summed E-state index contributed by atoms with van der Waals surface area (Å²) >= 11 is 3.66. The number of benzene rings is 4. The van der Waals surface area contributed by atoms with Crippen molar-refractivity contribution in [3.8, 4) is 0 Å². The van der Waals surface area contributed by atoms with Crippen LogP contribution >= 0.6 is 35.1 Å². The van der Waals surface area contributed by atoms with E-state index in [9.17, 15) is 0 Å². The lowest BCUT2D eigenvalue weighted by Crippen LogP contribution is -2.53. The van der Waals surface area contributed by atoms with Gasteiger partial charge in [-0.25, -0.2) is 0 Å². The number of ether oxygens (including phenoxy) is 2. The Morgan fingerprint density at radius 1 is 0.630 bits per heavy atom. The number of halogens is 1. The van der Waals surface area contributed by atoms with Crippen LogP contribution in [0, 0.1) is 0 Å². The first kappa shape index (κ1) is 34.3. The molecule has 2 aliphatic rings. The van der Waals surface area contributed by atoms with Crippen LogP contribution in [0.25, 0.3) is 20.2 Å². The molecule has 0 saturated carbocycles. The lowest BCUT2D eigenvalue weighted by Gasteiger charge is -2.44. The van der Waals surface area contributed by atoms with E-state index < -0.39 is 0 Å². The molecule has 0 bridgehead atoms. The van der Waals surface area contributed by atoms with E-state index in [0.29, 0.717) is 24.9 Å². The van der Waals surface area contributed by atoms with Gasteiger partial charge in [0.1, 0.15) is 0 Å². The molecule has 0 amide bonds. The topological polar surface area (TPSA) is 33.7 Å². The molecule has 4 nitrogen and oxygen atoms in total. The summed E-state index contributed by atoms with van der Waals surface area (Å²) in [6.45, 7) is 9.42. The first-order valence-electron chi connectivity index (χ1n) is 16.0. The second-order valence-electron chi connectivity index (χ2n) is 11.2. The van der Waals surface area contributed by atoms with E-state index in [1.54, 1.807) is 0 Å². The normalized spacial score (nSPS) is 14.8. The molecule has 46 heavy (non-hydrogen) atoms. The Bertz CT molecular complexity index is 1640. The SMILES string of the molecule is CC.Cl.c1ccc(C(c2ccccc2)N2CC(OCc3cc4ccccc4s3)C2)cc1.c1ccc2sc(COC3CNC3)cc2c1. The molecule has 0 aliphatic carbocycles. The molecule has 8 rings (SSSR count). The van der Waals surface area contributed by atoms with Crippen LogP contribution in [0.15, 0.2) is 121 Å². The Labute approximate surface area is 287 Å². The van der Waals surface area contributed by atoms with Crippen LogP contribution in [-0.2, 0) is 22.7 Å². The molecule has 1 N–H and O–H groups in total. The van der Waals surface area contributed by atoms with Crippen LogP contribution in [0.1, 0.15) is 40.8 Å². The summed E-state index contributed by atoms with van der Waals surface area (Å²) < 4.78 is 14.6. The fourth-order valence-corrected chi connectivity index (χ4v) is 7.64. The van der Waals surface area contributed by atoms with Gasteiger partial charge < -0.3 is 14.8 Å². The number of hydrogen-bond acceptors (Lipinski definition) is 6. The van der Waals surface area contributed by atoms with Gasteiger partial charge in [0.05, 0.1) is 31.5 Å². The van der Waals surface area contributed by atoms with Crippen molar-refractivity contribution in [2.45, 2.75) is 45.3 Å². The van der Waals surface area contributed by atoms with Crippen molar-refractivity contribution >= 4 is 55.3 Å². The molecular formula is C39H43ClN2O2S2. The first-order valence-corrected chi connectivity index (χ1v) is 17.6. The molecule has 7 heteroatoms. The summed E-state index contributed by atoms with van der Waals surface area (Å²) in [6.07, 6.45) is 0.732. The Balaban J connectivity index is 0.000000196. The molecule has 0 unspecified atom stereocenters. The third-order valence-corrected chi connectivity index (χ3v) is 10.3. The van der Waals surface area contributed by atoms with Crippen molar-refractivity contribution in [2.75, 3.05) is 26.2 Å². The molecule has 0 radical (unpaired) electrons. The second-order valence-corrected chi connectivity index (χ2v) is 13.5. The summed E-state index contributed by atoms with van der Waals surface area (Å²) in [7, 11) is 0. The van der Waals surface area contributed by atoms with E-state index in [0.717, 1.165) is 32.8 Å². The summed E-state index contributed by atoms with van der Waals surface area (Å²) in [5.74, 6) is 0. The van der Waals surface area contributed by atoms with E-state index in [-0.39, 0.29) is 12.4 Å². The van der Waals surface area contributed by atoms with E-state index in [2.05, 4.69) is 132 Å². The van der Waals surface area contributed by atoms with Gasteiger partial charge in [-0.15, -0.1) is 35.1 Å². The molecule has 0 spiro atoms. The highest BCUT2D eigenvalue weighted by molar-refractivity contribution is 7.19. The average molecular weight is 671 g/mol. The number of likely N-dealkylation sites (tertiary alicyclic amines) is 1. The third-order valence-electron chi connectivity index (χ3n) is 8.09. The molecule has 0 atom stereocenters. The van der Waals surface area contributed by atoms with E-state index in [1.165, 1.54) is 41.1 Å². The smallest absolute Gasteiger partial charge is 0.0834 e. The highest BCUT2D eigenvalue weighted by atomic mass is 35.5. The zero-order valence-electron chi connectivity index (χ0n) is 26.5. The maximum atomic E-state index is 6.21. The zero-order chi connectivity index (χ0) is 30.8. The quantitative estimate of drug-likeness (QED) is 0.166. The minimum Gasteiger partial charge on any atom is -0.370 e. The second kappa shape index (κ2) is 17.2. The maximum Gasteiger partial charge on any atom is 0.0834 e. The minimum absolute atomic E-state index is 0. The Morgan fingerprint density at radius 2 is 1.07 bits per heavy atom. The van der Waals surface area contributed by atoms with Gasteiger partial charge in [-0.2, -0.15) is 0 Å². The highest BCUT2D eigenvalue weighted by Crippen LogP contribution is 2.34. The molecule has 240 valence electrons. The minimum atomic E-state index is 0. The van der Waals surface area contributed by atoms with Crippen molar-refractivity contribution in [2.24, 2.45) is 0 Å². The predicted molar refractivity (Wildman–Crippen MR) is 199 cm³/mol. The fraction of sp³-hybridized carbons (Fsp3) is 0.282. The first-order chi connectivity index (χ1) is 22.3. The van der Waals surface area contributed by atoms with Crippen molar-refractivity contribution < 1.29 is 9.47 Å². The highest BCUT2D eigenvalue weighted by Gasteiger charge is 2.34. The van der Waals surface area contributed by atoms with Crippen LogP contribution in [0.4, 0.5) is 0 Å². The van der Waals surface area contributed by atoms with Crippen LogP contribution < -0.4 is 5.32 Å². The van der Waals surface area contributed by atoms with Crippen LogP contribution in [-0.4, -0.2) is 43.3 Å². The predicted octanol–water partition coefficient (Wildman–Crippen LogP) is 9.73. The van der Waals surface area contributed by atoms with Gasteiger partial charge in [-0.3, -0.25) is 4.90 Å². The third kappa shape index (κ3) is 8.64. The van der Waals surface area contributed by atoms with E-state index >= 15 is 0 Å². The van der Waals surface area contributed by atoms with Gasteiger partial charge in [0.25, 0.3) is 0 Å². The maximum absolute atomic E-state index is 6.21. The average Bonchev–Trinajstić information content (AvgIpc) is 3.67. The summed E-state index contributed by atoms with van der Waals surface area (Å²) in [5.41, 5.74) is 2.69. The van der Waals surface area contributed by atoms with Gasteiger partial charge in [0.15, 0.2) is 0 Å². The zero-order valence-corrected chi connectivity index (χ0v) is 29.0. The van der Waals surface area contributed by atoms with Gasteiger partial charge in [0, 0.05) is 45.3 Å². The molecule has 2 fully saturated rings. The number of nitrogens with zero attached hydrogens (tertiary/aromatic N) is 1. The summed E-state index contributed by atoms with van der Waals surface area (Å²) in [5, 5.41) is 5.84. The molecule has 2 aliphatic heterocycles. The van der Waals surface area contributed by atoms with Gasteiger partial charge in [-0.1, -0.05) is 111 Å². The summed E-state index contributed by atoms with van der Waals surface area (Å²) in [6, 6.07) is 43.4. The van der Waals surface area contributed by atoms with E-state index in [4.69, 9.17) is 9.47 Å². The van der Waals surface area contributed by atoms with Gasteiger partial charge in [0.2, 0.25) is 0 Å². The van der Waals surface area contributed by atoms with Gasteiger partial charge >= 0.3 is 0 Å². The Kier molecular flexibility index (Phi) is 12.8. The molecule has 2 saturated heterocycles. The number of fused-ring (bicyclic) bond motifs is 2. The number of nitrogens with one attached hydrogen (secondary N) is 1. The van der Waals surface area contributed by atoms with E-state index in [1.807, 2.05) is 36.5 Å². The Morgan fingerprint density at radius 3 is 1.50 bits per heavy atom. The monoisotopic (exact) mass is 670 g/mol. The lowest BCUT2D eigenvalue weighted by molar-refractivity contribution is -0.0733. The van der Waals surface area contributed by atoms with Crippen LogP contribution in [0.5, 0.6) is 0 Å². The van der Waals surface area contributed by atoms with Gasteiger partial charge in [-0.05, 0) is 46.2 Å². The lowest BCUT2D eigenvalue weighted by atomic mass is 9.94. The molecule has 6 aromatic rings. The molecule has 4 aromatic carbocycles. The number of rotatable bonds is 9. The standard InChI is InChI=1S/C25H23NOS.C12H13NOS.C2H6.ClH/c1-3-9-19(10-4-1)25(20-11-5-2-6-12-20)26-16-22(17-26)27-18-23-15-21-13-7-8-14-24(21)28-23;1-2-4-12-9(3-1)5-11(15-12)8-14-10-6-13-7-10;1-2;/h1-15,22,25H,16-18H2;1-5,10,13H,6-8H2;1-2H3;1H. The van der Waals surface area contributed by atoms with Crippen molar-refractivity contribution in [3.63, 3.8) is 0 Å². The fourth-order valence-electron chi connectivity index (χ4n) is 5.67. The van der Waals surface area contributed by atoms with Crippen molar-refractivity contribution in [3.05, 3.63) is 142 Å². The summed E-state index contributed by atoms with van der Waals surface area (Å²) in [4.78, 5) is 5.14. The van der Waals surface area contributed by atoms with Crippen LogP contribution in [0.2, 0.25) is 0 Å². The molecular weight excluding hydrogens is 628 g/mol. The Hall–Kier alpha value is -3.07. The van der Waals surface area contributed by atoms with Crippen molar-refractivity contribution in [1.29, 1.82) is 0 Å².